The molecule has 1 atom stereocenters. The number of hydrazine groups is 1. The summed E-state index contributed by atoms with van der Waals surface area (Å²) in [4.78, 5) is 0. The molecule has 0 spiro atoms. The van der Waals surface area contributed by atoms with Crippen LogP contribution in [0.1, 0.15) is 32.1 Å². The predicted molar refractivity (Wildman–Crippen MR) is 54.4 cm³/mol. The Kier molecular flexibility index (Phi) is 3.19. The first-order chi connectivity index (χ1) is 6.38. The fraction of sp³-hybridized carbons (Fsp3) is 1.00. The number of rotatable bonds is 3. The van der Waals surface area contributed by atoms with Gasteiger partial charge in [0.25, 0.3) is 0 Å². The molecule has 1 saturated carbocycles. The van der Waals surface area contributed by atoms with Crippen LogP contribution in [-0.2, 0) is 0 Å². The summed E-state index contributed by atoms with van der Waals surface area (Å²) in [6, 6.07) is 1.65. The van der Waals surface area contributed by atoms with Crippen LogP contribution in [0.3, 0.4) is 0 Å². The van der Waals surface area contributed by atoms with E-state index in [0.717, 1.165) is 12.1 Å². The molecule has 0 aromatic heterocycles. The zero-order valence-corrected chi connectivity index (χ0v) is 8.55. The third-order valence-corrected chi connectivity index (χ3v) is 3.09. The van der Waals surface area contributed by atoms with E-state index in [1.54, 1.807) is 0 Å². The van der Waals surface area contributed by atoms with Gasteiger partial charge in [0.2, 0.25) is 0 Å². The lowest BCUT2D eigenvalue weighted by atomic mass is 10.1. The van der Waals surface area contributed by atoms with Crippen LogP contribution in [-0.4, -0.2) is 37.2 Å². The van der Waals surface area contributed by atoms with Gasteiger partial charge < -0.3 is 5.32 Å². The highest BCUT2D eigenvalue weighted by molar-refractivity contribution is 4.86. The van der Waals surface area contributed by atoms with E-state index in [1.807, 2.05) is 7.05 Å². The van der Waals surface area contributed by atoms with Crippen molar-refractivity contribution in [3.05, 3.63) is 0 Å². The summed E-state index contributed by atoms with van der Waals surface area (Å²) in [5, 5.41) is 6.05. The van der Waals surface area contributed by atoms with Crippen molar-refractivity contribution in [1.82, 2.24) is 15.8 Å². The molecule has 1 aliphatic heterocycles. The molecule has 3 heteroatoms. The molecule has 1 heterocycles. The molecular formula is C10H21N3. The second kappa shape index (κ2) is 4.40. The minimum absolute atomic E-state index is 0.783. The minimum atomic E-state index is 0.783. The molecule has 0 radical (unpaired) electrons. The third kappa shape index (κ3) is 2.93. The van der Waals surface area contributed by atoms with Gasteiger partial charge in [-0.15, -0.1) is 0 Å². The molecule has 0 bridgehead atoms. The normalized spacial score (nSPS) is 31.6. The van der Waals surface area contributed by atoms with Crippen LogP contribution in [0.4, 0.5) is 0 Å². The van der Waals surface area contributed by atoms with Crippen molar-refractivity contribution in [1.29, 1.82) is 0 Å². The number of hydrogen-bond donors (Lipinski definition) is 2. The lowest BCUT2D eigenvalue weighted by Crippen LogP contribution is -2.37. The van der Waals surface area contributed by atoms with E-state index in [4.69, 9.17) is 0 Å². The van der Waals surface area contributed by atoms with Crippen molar-refractivity contribution in [2.24, 2.45) is 0 Å². The summed E-state index contributed by atoms with van der Waals surface area (Å²) in [7, 11) is 2.02. The minimum Gasteiger partial charge on any atom is -0.311 e. The maximum absolute atomic E-state index is 3.72. The van der Waals surface area contributed by atoms with Crippen LogP contribution >= 0.6 is 0 Å². The zero-order chi connectivity index (χ0) is 9.10. The Morgan fingerprint density at radius 3 is 2.46 bits per heavy atom. The molecule has 1 aliphatic carbocycles. The Labute approximate surface area is 80.8 Å². The van der Waals surface area contributed by atoms with Crippen molar-refractivity contribution in [2.75, 3.05) is 20.1 Å². The van der Waals surface area contributed by atoms with Gasteiger partial charge in [0.05, 0.1) is 0 Å². The van der Waals surface area contributed by atoms with Gasteiger partial charge >= 0.3 is 0 Å². The molecule has 0 amide bonds. The zero-order valence-electron chi connectivity index (χ0n) is 8.55. The quantitative estimate of drug-likeness (QED) is 0.675. The lowest BCUT2D eigenvalue weighted by Gasteiger charge is -2.18. The fourth-order valence-corrected chi connectivity index (χ4v) is 2.07. The summed E-state index contributed by atoms with van der Waals surface area (Å²) in [6.07, 6.45) is 6.80. The van der Waals surface area contributed by atoms with Crippen LogP contribution in [0.25, 0.3) is 0 Å². The van der Waals surface area contributed by atoms with Gasteiger partial charge in [-0.25, -0.2) is 5.01 Å². The summed E-state index contributed by atoms with van der Waals surface area (Å²) >= 11 is 0. The molecule has 76 valence electrons. The topological polar surface area (TPSA) is 27.3 Å². The standard InChI is InChI=1S/C10H21N3/c1-11-13-7-2-3-9(6-8-13)12-10-4-5-10/h9-12H,2-8H2,1H3. The molecule has 2 N–H and O–H groups in total. The highest BCUT2D eigenvalue weighted by atomic mass is 15.5. The summed E-state index contributed by atoms with van der Waals surface area (Å²) < 4.78 is 0. The van der Waals surface area contributed by atoms with Crippen LogP contribution in [0.2, 0.25) is 0 Å². The van der Waals surface area contributed by atoms with E-state index in [2.05, 4.69) is 15.8 Å². The molecule has 2 fully saturated rings. The Morgan fingerprint density at radius 1 is 1.00 bits per heavy atom. The first kappa shape index (κ1) is 9.44. The van der Waals surface area contributed by atoms with Gasteiger partial charge in [-0.1, -0.05) is 0 Å². The van der Waals surface area contributed by atoms with Gasteiger partial charge in [0, 0.05) is 25.2 Å². The van der Waals surface area contributed by atoms with Gasteiger partial charge in [0.1, 0.15) is 0 Å². The molecule has 2 aliphatic rings. The first-order valence-corrected chi connectivity index (χ1v) is 5.57. The summed E-state index contributed by atoms with van der Waals surface area (Å²) in [6.45, 7) is 2.40. The molecule has 13 heavy (non-hydrogen) atoms. The van der Waals surface area contributed by atoms with E-state index < -0.39 is 0 Å². The van der Waals surface area contributed by atoms with Crippen molar-refractivity contribution in [2.45, 2.75) is 44.2 Å². The average Bonchev–Trinajstić information content (AvgIpc) is 2.93. The second-order valence-electron chi connectivity index (χ2n) is 4.28. The van der Waals surface area contributed by atoms with Gasteiger partial charge in [0.15, 0.2) is 0 Å². The maximum atomic E-state index is 3.72. The van der Waals surface area contributed by atoms with Crippen molar-refractivity contribution in [3.63, 3.8) is 0 Å². The van der Waals surface area contributed by atoms with Crippen LogP contribution in [0, 0.1) is 0 Å². The number of nitrogens with one attached hydrogen (secondary N) is 2. The van der Waals surface area contributed by atoms with Crippen molar-refractivity contribution in [3.8, 4) is 0 Å². The lowest BCUT2D eigenvalue weighted by molar-refractivity contribution is 0.215. The monoisotopic (exact) mass is 183 g/mol. The van der Waals surface area contributed by atoms with Gasteiger partial charge in [-0.3, -0.25) is 5.43 Å². The first-order valence-electron chi connectivity index (χ1n) is 5.57. The Bertz CT molecular complexity index is 156. The Hall–Kier alpha value is -0.120. The van der Waals surface area contributed by atoms with E-state index >= 15 is 0 Å². The second-order valence-corrected chi connectivity index (χ2v) is 4.28. The van der Waals surface area contributed by atoms with E-state index in [0.29, 0.717) is 0 Å². The van der Waals surface area contributed by atoms with Gasteiger partial charge in [-0.05, 0) is 39.2 Å². The summed E-state index contributed by atoms with van der Waals surface area (Å²) in [5.41, 5.74) is 3.24. The smallest absolute Gasteiger partial charge is 0.0145 e. The van der Waals surface area contributed by atoms with E-state index in [-0.39, 0.29) is 0 Å². The molecule has 3 nitrogen and oxygen atoms in total. The highest BCUT2D eigenvalue weighted by Crippen LogP contribution is 2.21. The molecule has 0 aromatic rings. The van der Waals surface area contributed by atoms with Gasteiger partial charge in [-0.2, -0.15) is 0 Å². The summed E-state index contributed by atoms with van der Waals surface area (Å²) in [5.74, 6) is 0. The average molecular weight is 183 g/mol. The van der Waals surface area contributed by atoms with E-state index in [1.165, 1.54) is 45.2 Å². The number of hydrogen-bond acceptors (Lipinski definition) is 3. The molecule has 1 saturated heterocycles. The van der Waals surface area contributed by atoms with E-state index in [9.17, 15) is 0 Å². The number of nitrogens with zero attached hydrogens (tertiary/aromatic N) is 1. The molecule has 0 aromatic carbocycles. The molecule has 1 unspecified atom stereocenters. The Morgan fingerprint density at radius 2 is 1.77 bits per heavy atom. The largest absolute Gasteiger partial charge is 0.311 e. The predicted octanol–water partition coefficient (Wildman–Crippen LogP) is 0.727. The maximum Gasteiger partial charge on any atom is 0.0145 e. The fourth-order valence-electron chi connectivity index (χ4n) is 2.07. The highest BCUT2D eigenvalue weighted by Gasteiger charge is 2.25. The third-order valence-electron chi connectivity index (χ3n) is 3.09. The van der Waals surface area contributed by atoms with Crippen LogP contribution < -0.4 is 10.7 Å². The van der Waals surface area contributed by atoms with Crippen LogP contribution in [0.5, 0.6) is 0 Å². The van der Waals surface area contributed by atoms with Crippen molar-refractivity contribution < 1.29 is 0 Å². The molecule has 2 rings (SSSR count). The Balaban J connectivity index is 1.72. The van der Waals surface area contributed by atoms with Crippen molar-refractivity contribution >= 4 is 0 Å². The SMILES string of the molecule is CNN1CCCC(NC2CC2)CC1. The van der Waals surface area contributed by atoms with Crippen LogP contribution in [0.15, 0.2) is 0 Å². The molecular weight excluding hydrogens is 162 g/mol.